The number of hydrogen-bond acceptors (Lipinski definition) is 6. The number of hydrogen-bond donors (Lipinski definition) is 3. The molecule has 0 fully saturated rings. The number of benzene rings is 1. The Morgan fingerprint density at radius 1 is 1.11 bits per heavy atom. The first-order valence-electron chi connectivity index (χ1n) is 9.68. The smallest absolute Gasteiger partial charge is 0.257 e. The Labute approximate surface area is 165 Å². The summed E-state index contributed by atoms with van der Waals surface area (Å²) >= 11 is 0. The molecule has 152 valence electrons. The van der Waals surface area contributed by atoms with E-state index in [0.29, 0.717) is 0 Å². The monoisotopic (exact) mass is 387 g/mol. The lowest BCUT2D eigenvalue weighted by Crippen LogP contribution is -2.38. The molecule has 0 radical (unpaired) electrons. The number of carbonyl (C=O) groups excluding carboxylic acids is 1. The Morgan fingerprint density at radius 3 is 2.43 bits per heavy atom. The zero-order chi connectivity index (χ0) is 20.8. The highest BCUT2D eigenvalue weighted by atomic mass is 16.3. The molecule has 7 heteroatoms. The second-order valence-electron chi connectivity index (χ2n) is 7.33. The van der Waals surface area contributed by atoms with Crippen LogP contribution < -0.4 is 21.5 Å². The molecule has 0 saturated carbocycles. The Hall–Kier alpha value is -2.83. The van der Waals surface area contributed by atoms with Crippen molar-refractivity contribution in [3.05, 3.63) is 44.2 Å². The first kappa shape index (κ1) is 21.5. The van der Waals surface area contributed by atoms with Crippen LogP contribution in [0.3, 0.4) is 0 Å². The van der Waals surface area contributed by atoms with E-state index in [4.69, 9.17) is 0 Å². The van der Waals surface area contributed by atoms with E-state index in [1.54, 1.807) is 26.2 Å². The van der Waals surface area contributed by atoms with E-state index >= 15 is 0 Å². The van der Waals surface area contributed by atoms with Crippen molar-refractivity contribution in [2.45, 2.75) is 52.0 Å². The van der Waals surface area contributed by atoms with Crippen LogP contribution in [-0.2, 0) is 0 Å². The van der Waals surface area contributed by atoms with E-state index < -0.39 is 10.9 Å². The van der Waals surface area contributed by atoms with E-state index in [0.717, 1.165) is 25.7 Å². The highest BCUT2D eigenvalue weighted by Gasteiger charge is 2.24. The van der Waals surface area contributed by atoms with Crippen LogP contribution in [0.2, 0.25) is 0 Å². The molecule has 7 nitrogen and oxygen atoms in total. The van der Waals surface area contributed by atoms with Crippen molar-refractivity contribution < 1.29 is 9.90 Å². The van der Waals surface area contributed by atoms with Crippen molar-refractivity contribution in [1.29, 1.82) is 0 Å². The average Bonchev–Trinajstić information content (AvgIpc) is 2.68. The fourth-order valence-corrected chi connectivity index (χ4v) is 3.04. The number of phenols is 1. The lowest BCUT2D eigenvalue weighted by molar-refractivity contribution is 0.0824. The second-order valence-corrected chi connectivity index (χ2v) is 7.33. The highest BCUT2D eigenvalue weighted by Crippen LogP contribution is 2.32. The predicted octanol–water partition coefficient (Wildman–Crippen LogP) is 3.20. The van der Waals surface area contributed by atoms with Gasteiger partial charge in [0, 0.05) is 20.1 Å². The topological polar surface area (TPSA) is 98.7 Å². The molecule has 0 aliphatic heterocycles. The van der Waals surface area contributed by atoms with Gasteiger partial charge in [0.25, 0.3) is 16.8 Å². The van der Waals surface area contributed by atoms with Crippen molar-refractivity contribution in [3.63, 3.8) is 0 Å². The first-order chi connectivity index (χ1) is 13.3. The molecule has 0 bridgehead atoms. The summed E-state index contributed by atoms with van der Waals surface area (Å²) in [7, 11) is 3.17. The molecule has 0 unspecified atom stereocenters. The van der Waals surface area contributed by atoms with Gasteiger partial charge in [0.1, 0.15) is 11.4 Å². The summed E-state index contributed by atoms with van der Waals surface area (Å²) in [4.78, 5) is 37.5. The molecule has 3 N–H and O–H groups in total. The van der Waals surface area contributed by atoms with Crippen molar-refractivity contribution in [2.75, 3.05) is 24.7 Å². The third-order valence-corrected chi connectivity index (χ3v) is 4.72. The molecule has 0 aliphatic carbocycles. The van der Waals surface area contributed by atoms with Crippen molar-refractivity contribution in [3.8, 4) is 5.75 Å². The molecule has 0 saturated heterocycles. The molecular weight excluding hydrogens is 358 g/mol. The lowest BCUT2D eigenvalue weighted by Gasteiger charge is -2.20. The Balaban J connectivity index is 2.15. The third-order valence-electron chi connectivity index (χ3n) is 4.72. The maximum absolute atomic E-state index is 12.2. The van der Waals surface area contributed by atoms with E-state index in [1.807, 2.05) is 6.92 Å². The molecule has 1 atom stereocenters. The fourth-order valence-electron chi connectivity index (χ4n) is 3.04. The maximum atomic E-state index is 12.2. The van der Waals surface area contributed by atoms with Crippen LogP contribution in [0.1, 0.15) is 56.3 Å². The third kappa shape index (κ3) is 4.71. The zero-order valence-corrected chi connectivity index (χ0v) is 17.0. The summed E-state index contributed by atoms with van der Waals surface area (Å²) < 4.78 is 0. The number of amides is 1. The number of rotatable bonds is 10. The number of para-hydroxylation sites is 1. The molecule has 28 heavy (non-hydrogen) atoms. The van der Waals surface area contributed by atoms with Crippen LogP contribution in [0.5, 0.6) is 5.75 Å². The minimum absolute atomic E-state index is 0.0518. The predicted molar refractivity (Wildman–Crippen MR) is 113 cm³/mol. The highest BCUT2D eigenvalue weighted by molar-refractivity contribution is 5.99. The van der Waals surface area contributed by atoms with Crippen LogP contribution in [0.15, 0.2) is 27.8 Å². The minimum atomic E-state index is -0.635. The molecule has 2 aromatic carbocycles. The lowest BCUT2D eigenvalue weighted by atomic mass is 10.1. The van der Waals surface area contributed by atoms with Gasteiger partial charge in [-0.15, -0.1) is 0 Å². The summed E-state index contributed by atoms with van der Waals surface area (Å²) in [5, 5.41) is 16.3. The summed E-state index contributed by atoms with van der Waals surface area (Å²) in [5.41, 5.74) is -0.523. The molecule has 0 heterocycles. The van der Waals surface area contributed by atoms with Crippen molar-refractivity contribution in [1.82, 2.24) is 4.90 Å². The van der Waals surface area contributed by atoms with E-state index in [-0.39, 0.29) is 40.3 Å². The number of nitrogens with one attached hydrogen (secondary N) is 2. The average molecular weight is 387 g/mol. The molecule has 1 amide bonds. The summed E-state index contributed by atoms with van der Waals surface area (Å²) in [6.45, 7) is 4.13. The van der Waals surface area contributed by atoms with Gasteiger partial charge in [0.05, 0.1) is 11.3 Å². The Kier molecular flexibility index (Phi) is 7.20. The maximum Gasteiger partial charge on any atom is 0.257 e. The SMILES string of the molecule is CCCCCC[C@@H](C)Nc1c(Nc2cccc(C(=O)N(C)C)c2O)c(=O)c1=O. The van der Waals surface area contributed by atoms with Gasteiger partial charge in [-0.2, -0.15) is 0 Å². The van der Waals surface area contributed by atoms with Crippen molar-refractivity contribution >= 4 is 23.0 Å². The fraction of sp³-hybridized carbons (Fsp3) is 0.476. The molecule has 2 aromatic rings. The van der Waals surface area contributed by atoms with Gasteiger partial charge in [-0.05, 0) is 25.5 Å². The van der Waals surface area contributed by atoms with Crippen LogP contribution in [0.4, 0.5) is 17.1 Å². The minimum Gasteiger partial charge on any atom is -0.505 e. The number of unbranched alkanes of at least 4 members (excludes halogenated alkanes) is 3. The second kappa shape index (κ2) is 9.39. The van der Waals surface area contributed by atoms with Crippen molar-refractivity contribution in [2.24, 2.45) is 0 Å². The first-order valence-corrected chi connectivity index (χ1v) is 9.68. The van der Waals surface area contributed by atoms with Gasteiger partial charge in [-0.3, -0.25) is 14.4 Å². The largest absolute Gasteiger partial charge is 0.505 e. The number of nitrogens with zero attached hydrogens (tertiary/aromatic N) is 1. The summed E-state index contributed by atoms with van der Waals surface area (Å²) in [5.74, 6) is -0.613. The molecule has 2 rings (SSSR count). The van der Waals surface area contributed by atoms with E-state index in [2.05, 4.69) is 17.6 Å². The van der Waals surface area contributed by atoms with Gasteiger partial charge in [0.2, 0.25) is 0 Å². The molecular formula is C21H29N3O4. The zero-order valence-electron chi connectivity index (χ0n) is 17.0. The van der Waals surface area contributed by atoms with Gasteiger partial charge in [-0.25, -0.2) is 0 Å². The van der Waals surface area contributed by atoms with Gasteiger partial charge in [-0.1, -0.05) is 38.7 Å². The van der Waals surface area contributed by atoms with Crippen LogP contribution in [-0.4, -0.2) is 36.1 Å². The number of anilines is 3. The number of aromatic hydroxyl groups is 1. The Bertz CT molecular complexity index is 898. The normalized spacial score (nSPS) is 12.0. The number of phenolic OH excluding ortho intramolecular Hbond substituents is 1. The van der Waals surface area contributed by atoms with Crippen LogP contribution in [0, 0.1) is 0 Å². The molecule has 0 spiro atoms. The number of carbonyl (C=O) groups is 1. The van der Waals surface area contributed by atoms with Crippen LogP contribution >= 0.6 is 0 Å². The van der Waals surface area contributed by atoms with Gasteiger partial charge >= 0.3 is 0 Å². The molecule has 0 aliphatic rings. The quantitative estimate of drug-likeness (QED) is 0.329. The molecule has 0 aromatic heterocycles. The standard InChI is InChI=1S/C21H29N3O4/c1-5-6-7-8-10-13(2)22-16-17(20(27)19(16)26)23-15-12-9-11-14(18(15)25)21(28)24(3)4/h9,11-13,22-23,25H,5-8,10H2,1-4H3/t13-/m1/s1. The Morgan fingerprint density at radius 2 is 1.79 bits per heavy atom. The van der Waals surface area contributed by atoms with Gasteiger partial charge < -0.3 is 20.6 Å². The van der Waals surface area contributed by atoms with Gasteiger partial charge in [0.15, 0.2) is 5.75 Å². The summed E-state index contributed by atoms with van der Waals surface area (Å²) in [6.07, 6.45) is 5.43. The van der Waals surface area contributed by atoms with E-state index in [9.17, 15) is 19.5 Å². The van der Waals surface area contributed by atoms with Crippen LogP contribution in [0.25, 0.3) is 0 Å². The van der Waals surface area contributed by atoms with E-state index in [1.165, 1.54) is 17.4 Å². The summed E-state index contributed by atoms with van der Waals surface area (Å²) in [6, 6.07) is 4.71.